The first-order valence-electron chi connectivity index (χ1n) is 6.06. The fraction of sp³-hybridized carbons (Fsp3) is 0.133. The van der Waals surface area contributed by atoms with E-state index in [0.29, 0.717) is 5.56 Å². The minimum absolute atomic E-state index is 0.187. The molecule has 5 nitrogen and oxygen atoms in total. The second-order valence-corrected chi connectivity index (χ2v) is 4.86. The quantitative estimate of drug-likeness (QED) is 0.535. The van der Waals surface area contributed by atoms with Crippen LogP contribution in [0.15, 0.2) is 30.0 Å². The average molecular weight is 303 g/mol. The molecule has 1 aromatic carbocycles. The Morgan fingerprint density at radius 2 is 2.19 bits per heavy atom. The summed E-state index contributed by atoms with van der Waals surface area (Å²) >= 11 is 5.34. The van der Waals surface area contributed by atoms with Crippen LogP contribution in [-0.4, -0.2) is 20.9 Å². The minimum Gasteiger partial charge on any atom is -0.480 e. The number of carboxylic acids is 1. The Bertz CT molecular complexity index is 812. The van der Waals surface area contributed by atoms with E-state index in [2.05, 4.69) is 0 Å². The molecular formula is C15H11ClN2O3. The van der Waals surface area contributed by atoms with Gasteiger partial charge in [0.2, 0.25) is 0 Å². The largest absolute Gasteiger partial charge is 0.480 e. The zero-order valence-electron chi connectivity index (χ0n) is 11.1. The van der Waals surface area contributed by atoms with Crippen molar-refractivity contribution in [3.05, 3.63) is 41.1 Å². The van der Waals surface area contributed by atoms with Crippen LogP contribution in [0.2, 0.25) is 0 Å². The maximum absolute atomic E-state index is 11.1. The number of nitrogens with zero attached hydrogens (tertiary/aromatic N) is 2. The molecule has 0 saturated carbocycles. The van der Waals surface area contributed by atoms with Crippen LogP contribution in [0.25, 0.3) is 17.0 Å². The van der Waals surface area contributed by atoms with Crippen molar-refractivity contribution >= 4 is 39.8 Å². The lowest BCUT2D eigenvalue weighted by atomic mass is 10.1. The summed E-state index contributed by atoms with van der Waals surface area (Å²) in [6.07, 6.45) is 2.97. The molecule has 1 N–H and O–H groups in total. The Hall–Kier alpha value is -2.58. The zero-order valence-corrected chi connectivity index (χ0v) is 11.9. The van der Waals surface area contributed by atoms with Crippen molar-refractivity contribution in [1.82, 2.24) is 4.57 Å². The predicted octanol–water partition coefficient (Wildman–Crippen LogP) is 2.71. The number of halogens is 1. The van der Waals surface area contributed by atoms with Gasteiger partial charge in [0.15, 0.2) is 0 Å². The van der Waals surface area contributed by atoms with Crippen molar-refractivity contribution in [3.63, 3.8) is 0 Å². The van der Waals surface area contributed by atoms with Crippen LogP contribution in [0.5, 0.6) is 0 Å². The number of carbonyl (C=O) groups is 2. The number of aromatic nitrogens is 1. The first-order valence-corrected chi connectivity index (χ1v) is 6.43. The molecule has 0 aliphatic carbocycles. The molecule has 0 spiro atoms. The third-order valence-corrected chi connectivity index (χ3v) is 3.27. The average Bonchev–Trinajstić information content (AvgIpc) is 2.74. The van der Waals surface area contributed by atoms with E-state index in [9.17, 15) is 9.59 Å². The van der Waals surface area contributed by atoms with Gasteiger partial charge in [-0.15, -0.1) is 0 Å². The van der Waals surface area contributed by atoms with Crippen LogP contribution in [0.3, 0.4) is 0 Å². The second-order valence-electron chi connectivity index (χ2n) is 4.52. The van der Waals surface area contributed by atoms with Crippen molar-refractivity contribution < 1.29 is 14.7 Å². The van der Waals surface area contributed by atoms with Crippen LogP contribution < -0.4 is 0 Å². The van der Waals surface area contributed by atoms with Gasteiger partial charge in [-0.1, -0.05) is 18.2 Å². The number of carboxylic acid groups (broad SMARTS) is 1. The van der Waals surface area contributed by atoms with E-state index >= 15 is 0 Å². The Morgan fingerprint density at radius 3 is 2.76 bits per heavy atom. The lowest BCUT2D eigenvalue weighted by Gasteiger charge is -2.03. The molecule has 0 fully saturated rings. The molecule has 0 bridgehead atoms. The van der Waals surface area contributed by atoms with E-state index < -0.39 is 11.2 Å². The van der Waals surface area contributed by atoms with Crippen LogP contribution in [-0.2, 0) is 16.1 Å². The number of para-hydroxylation sites is 1. The monoisotopic (exact) mass is 302 g/mol. The molecule has 2 rings (SSSR count). The van der Waals surface area contributed by atoms with Gasteiger partial charge in [-0.25, -0.2) is 0 Å². The number of aliphatic carboxylic acids is 1. The van der Waals surface area contributed by atoms with E-state index in [-0.39, 0.29) is 12.1 Å². The number of aryl methyl sites for hydroxylation is 1. The molecule has 0 radical (unpaired) electrons. The van der Waals surface area contributed by atoms with Crippen LogP contribution >= 0.6 is 11.6 Å². The van der Waals surface area contributed by atoms with Crippen LogP contribution in [0, 0.1) is 18.3 Å². The number of hydrogen-bond acceptors (Lipinski definition) is 3. The van der Waals surface area contributed by atoms with Crippen LogP contribution in [0.4, 0.5) is 0 Å². The van der Waals surface area contributed by atoms with Gasteiger partial charge in [0.05, 0.1) is 5.52 Å². The Morgan fingerprint density at radius 1 is 1.48 bits per heavy atom. The number of rotatable bonds is 4. The van der Waals surface area contributed by atoms with Gasteiger partial charge in [0.1, 0.15) is 18.2 Å². The van der Waals surface area contributed by atoms with Crippen molar-refractivity contribution in [2.45, 2.75) is 13.5 Å². The Kier molecular flexibility index (Phi) is 4.10. The van der Waals surface area contributed by atoms with E-state index in [0.717, 1.165) is 16.5 Å². The molecule has 1 heterocycles. The van der Waals surface area contributed by atoms with Gasteiger partial charge in [-0.3, -0.25) is 9.59 Å². The smallest absolute Gasteiger partial charge is 0.323 e. The molecule has 0 amide bonds. The zero-order chi connectivity index (χ0) is 15.6. The SMILES string of the molecule is Cc1cccc2c(C=C(C#N)C(=O)Cl)cn(CC(=O)O)c12. The fourth-order valence-corrected chi connectivity index (χ4v) is 2.35. The highest BCUT2D eigenvalue weighted by atomic mass is 35.5. The van der Waals surface area contributed by atoms with Crippen molar-refractivity contribution in [2.24, 2.45) is 0 Å². The van der Waals surface area contributed by atoms with E-state index in [1.165, 1.54) is 6.08 Å². The summed E-state index contributed by atoms with van der Waals surface area (Å²) in [5, 5.41) is 17.8. The summed E-state index contributed by atoms with van der Waals surface area (Å²) in [6, 6.07) is 7.23. The number of fused-ring (bicyclic) bond motifs is 1. The Labute approximate surface area is 125 Å². The van der Waals surface area contributed by atoms with Crippen LogP contribution in [0.1, 0.15) is 11.1 Å². The fourth-order valence-electron chi connectivity index (χ4n) is 2.25. The molecule has 0 atom stereocenters. The van der Waals surface area contributed by atoms with Gasteiger partial charge >= 0.3 is 5.97 Å². The molecule has 0 saturated heterocycles. The highest BCUT2D eigenvalue weighted by Gasteiger charge is 2.13. The maximum atomic E-state index is 11.1. The van der Waals surface area contributed by atoms with Gasteiger partial charge in [-0.2, -0.15) is 5.26 Å². The highest BCUT2D eigenvalue weighted by Crippen LogP contribution is 2.26. The summed E-state index contributed by atoms with van der Waals surface area (Å²) in [5.41, 5.74) is 2.06. The van der Waals surface area contributed by atoms with E-state index in [1.807, 2.05) is 19.1 Å². The van der Waals surface area contributed by atoms with Crippen molar-refractivity contribution in [2.75, 3.05) is 0 Å². The standard InChI is InChI=1S/C15H11ClN2O3/c1-9-3-2-4-12-11(5-10(6-17)15(16)21)7-18(14(9)12)8-13(19)20/h2-5,7H,8H2,1H3,(H,19,20). The van der Waals surface area contributed by atoms with Gasteiger partial charge in [-0.05, 0) is 30.2 Å². The first-order chi connectivity index (χ1) is 9.93. The molecule has 0 aliphatic rings. The predicted molar refractivity (Wildman–Crippen MR) is 78.8 cm³/mol. The first kappa shape index (κ1) is 14.8. The third-order valence-electron chi connectivity index (χ3n) is 3.07. The molecule has 2 aromatic rings. The van der Waals surface area contributed by atoms with Gasteiger partial charge < -0.3 is 9.67 Å². The summed E-state index contributed by atoms with van der Waals surface area (Å²) < 4.78 is 1.58. The van der Waals surface area contributed by atoms with Gasteiger partial charge in [0, 0.05) is 17.1 Å². The normalized spacial score (nSPS) is 11.4. The third kappa shape index (κ3) is 2.96. The number of benzene rings is 1. The number of carbonyl (C=O) groups excluding carboxylic acids is 1. The number of allylic oxidation sites excluding steroid dienone is 1. The molecule has 6 heteroatoms. The van der Waals surface area contributed by atoms with Gasteiger partial charge in [0.25, 0.3) is 5.24 Å². The van der Waals surface area contributed by atoms with E-state index in [4.69, 9.17) is 22.0 Å². The summed E-state index contributed by atoms with van der Waals surface area (Å²) in [4.78, 5) is 22.1. The maximum Gasteiger partial charge on any atom is 0.323 e. The van der Waals surface area contributed by atoms with Crippen molar-refractivity contribution in [3.8, 4) is 6.07 Å². The molecule has 0 aliphatic heterocycles. The van der Waals surface area contributed by atoms with E-state index in [1.54, 1.807) is 22.9 Å². The molecule has 0 unspecified atom stereocenters. The van der Waals surface area contributed by atoms with Crippen molar-refractivity contribution in [1.29, 1.82) is 5.26 Å². The Balaban J connectivity index is 2.71. The molecule has 1 aromatic heterocycles. The topological polar surface area (TPSA) is 83.1 Å². The second kappa shape index (κ2) is 5.81. The minimum atomic E-state index is -0.973. The number of nitriles is 1. The molecule has 21 heavy (non-hydrogen) atoms. The summed E-state index contributed by atoms with van der Waals surface area (Å²) in [5.74, 6) is -0.973. The molecular weight excluding hydrogens is 292 g/mol. The lowest BCUT2D eigenvalue weighted by molar-refractivity contribution is -0.137. The summed E-state index contributed by atoms with van der Waals surface area (Å²) in [6.45, 7) is 1.66. The lowest BCUT2D eigenvalue weighted by Crippen LogP contribution is -2.07. The number of hydrogen-bond donors (Lipinski definition) is 1. The summed E-state index contributed by atoms with van der Waals surface area (Å²) in [7, 11) is 0. The molecule has 106 valence electrons. The highest BCUT2D eigenvalue weighted by molar-refractivity contribution is 6.68.